The number of furan rings is 1. The second-order valence-electron chi connectivity index (χ2n) is 11.5. The molecule has 0 unspecified atom stereocenters. The van der Waals surface area contributed by atoms with Crippen molar-refractivity contribution in [3.8, 4) is 5.88 Å². The molecule has 1 aromatic carbocycles. The zero-order chi connectivity index (χ0) is 29.2. The van der Waals surface area contributed by atoms with Gasteiger partial charge in [0.25, 0.3) is 0 Å². The molecule has 3 aromatic heterocycles. The van der Waals surface area contributed by atoms with Crippen molar-refractivity contribution in [1.82, 2.24) is 20.2 Å². The molecular formula is C29H31ClN6O6. The van der Waals surface area contributed by atoms with Crippen LogP contribution < -0.4 is 14.5 Å². The van der Waals surface area contributed by atoms with Crippen molar-refractivity contribution in [2.45, 2.75) is 56.9 Å². The molecule has 1 spiro atoms. The van der Waals surface area contributed by atoms with E-state index < -0.39 is 18.1 Å². The quantitative estimate of drug-likeness (QED) is 0.345. The van der Waals surface area contributed by atoms with E-state index in [0.717, 1.165) is 5.39 Å². The Hall–Kier alpha value is -3.74. The molecule has 220 valence electrons. The Morgan fingerprint density at radius 2 is 2.00 bits per heavy atom. The molecule has 13 heteroatoms. The van der Waals surface area contributed by atoms with Crippen molar-refractivity contribution in [1.29, 1.82) is 0 Å². The highest BCUT2D eigenvalue weighted by Crippen LogP contribution is 2.40. The monoisotopic (exact) mass is 594 g/mol. The van der Waals surface area contributed by atoms with Crippen LogP contribution in [0.3, 0.4) is 0 Å². The normalized spacial score (nSPS) is 23.7. The lowest BCUT2D eigenvalue weighted by Crippen LogP contribution is -2.68. The van der Waals surface area contributed by atoms with Crippen LogP contribution in [0.25, 0.3) is 22.1 Å². The maximum atomic E-state index is 12.5. The first kappa shape index (κ1) is 27.1. The summed E-state index contributed by atoms with van der Waals surface area (Å²) in [6, 6.07) is 8.50. The molecule has 0 aliphatic carbocycles. The number of hydrogen-bond donors (Lipinski definition) is 1. The molecule has 7 rings (SSSR count). The summed E-state index contributed by atoms with van der Waals surface area (Å²) < 4.78 is 24.0. The SMILES string of the molecule is CC(C)c1nc(N2C[C@@H](Oc3cc(N4CCOC5(COC5)[C@@H]4C)c(Cl)nn3)C[C@H]2C(=O)O)c2oc3ccccc3c2n1. The molecular weight excluding hydrogens is 564 g/mol. The molecule has 3 saturated heterocycles. The number of hydrogen-bond acceptors (Lipinski definition) is 11. The van der Waals surface area contributed by atoms with Crippen LogP contribution in [0.2, 0.25) is 5.15 Å². The number of carboxylic acids is 1. The predicted molar refractivity (Wildman–Crippen MR) is 155 cm³/mol. The number of ether oxygens (including phenoxy) is 3. The summed E-state index contributed by atoms with van der Waals surface area (Å²) in [5, 5.41) is 19.7. The lowest BCUT2D eigenvalue weighted by Gasteiger charge is -2.53. The van der Waals surface area contributed by atoms with E-state index in [1.54, 1.807) is 11.0 Å². The third-order valence-corrected chi connectivity index (χ3v) is 8.77. The molecule has 42 heavy (non-hydrogen) atoms. The maximum Gasteiger partial charge on any atom is 0.326 e. The second kappa shape index (κ2) is 10.2. The summed E-state index contributed by atoms with van der Waals surface area (Å²) in [6.45, 7) is 8.56. The third kappa shape index (κ3) is 4.40. The van der Waals surface area contributed by atoms with E-state index in [1.807, 2.05) is 38.1 Å². The van der Waals surface area contributed by atoms with Crippen molar-refractivity contribution in [2.75, 3.05) is 42.7 Å². The number of aromatic nitrogens is 4. The smallest absolute Gasteiger partial charge is 0.326 e. The van der Waals surface area contributed by atoms with E-state index in [4.69, 9.17) is 40.2 Å². The second-order valence-corrected chi connectivity index (χ2v) is 11.8. The van der Waals surface area contributed by atoms with Gasteiger partial charge in [0.15, 0.2) is 16.6 Å². The van der Waals surface area contributed by atoms with E-state index in [2.05, 4.69) is 22.0 Å². The Kier molecular flexibility index (Phi) is 6.59. The number of anilines is 2. The Morgan fingerprint density at radius 3 is 2.74 bits per heavy atom. The molecule has 0 bridgehead atoms. The molecule has 3 aliphatic heterocycles. The van der Waals surface area contributed by atoms with Crippen molar-refractivity contribution < 1.29 is 28.5 Å². The number of halogens is 1. The highest BCUT2D eigenvalue weighted by Gasteiger charge is 2.50. The minimum absolute atomic E-state index is 0.00653. The molecule has 4 aromatic rings. The first-order valence-corrected chi connectivity index (χ1v) is 14.5. The van der Waals surface area contributed by atoms with Gasteiger partial charge in [-0.05, 0) is 19.1 Å². The standard InChI is InChI=1S/C29H31ClN6O6/c1-15(2)26-31-23-18-6-4-5-7-21(18)42-24(23)27(32-26)36-12-17(10-20(36)28(37)38)41-22-11-19(25(30)34-33-22)35-8-9-40-29(16(35)3)13-39-14-29/h4-7,11,15-17,20H,8-10,12-14H2,1-3H3,(H,37,38)/t16-,17-,20-/m0/s1. The van der Waals surface area contributed by atoms with Gasteiger partial charge in [0, 0.05) is 30.3 Å². The maximum absolute atomic E-state index is 12.5. The number of benzene rings is 1. The van der Waals surface area contributed by atoms with Crippen LogP contribution >= 0.6 is 11.6 Å². The highest BCUT2D eigenvalue weighted by atomic mass is 35.5. The topological polar surface area (TPSA) is 136 Å². The average molecular weight is 595 g/mol. The predicted octanol–water partition coefficient (Wildman–Crippen LogP) is 4.05. The Labute approximate surface area is 246 Å². The van der Waals surface area contributed by atoms with Crippen LogP contribution in [0.15, 0.2) is 34.7 Å². The first-order valence-electron chi connectivity index (χ1n) is 14.1. The van der Waals surface area contributed by atoms with Gasteiger partial charge in [0.05, 0.1) is 38.1 Å². The summed E-state index contributed by atoms with van der Waals surface area (Å²) >= 11 is 6.51. The summed E-state index contributed by atoms with van der Waals surface area (Å²) in [6.07, 6.45) is -0.286. The number of carbonyl (C=O) groups is 1. The van der Waals surface area contributed by atoms with Gasteiger partial charge in [-0.2, -0.15) is 0 Å². The number of para-hydroxylation sites is 1. The summed E-state index contributed by atoms with van der Waals surface area (Å²) in [7, 11) is 0. The van der Waals surface area contributed by atoms with Gasteiger partial charge in [-0.25, -0.2) is 14.8 Å². The molecule has 3 fully saturated rings. The largest absolute Gasteiger partial charge is 0.480 e. The molecule has 3 atom stereocenters. The number of carboxylic acid groups (broad SMARTS) is 1. The van der Waals surface area contributed by atoms with Crippen LogP contribution in [0.5, 0.6) is 5.88 Å². The molecule has 0 radical (unpaired) electrons. The van der Waals surface area contributed by atoms with Crippen LogP contribution in [-0.2, 0) is 14.3 Å². The summed E-state index contributed by atoms with van der Waals surface area (Å²) in [5.74, 6) is 0.364. The van der Waals surface area contributed by atoms with Crippen LogP contribution in [0, 0.1) is 0 Å². The van der Waals surface area contributed by atoms with Gasteiger partial charge in [-0.3, -0.25) is 0 Å². The van der Waals surface area contributed by atoms with Crippen LogP contribution in [0.1, 0.15) is 38.9 Å². The van der Waals surface area contributed by atoms with Gasteiger partial charge in [-0.15, -0.1) is 10.2 Å². The first-order chi connectivity index (χ1) is 20.2. The third-order valence-electron chi connectivity index (χ3n) is 8.50. The number of fused-ring (bicyclic) bond motifs is 3. The fourth-order valence-electron chi connectivity index (χ4n) is 6.08. The minimum Gasteiger partial charge on any atom is -0.480 e. The van der Waals surface area contributed by atoms with E-state index >= 15 is 0 Å². The number of aliphatic carboxylic acids is 1. The van der Waals surface area contributed by atoms with Crippen molar-refractivity contribution in [3.05, 3.63) is 41.3 Å². The van der Waals surface area contributed by atoms with Gasteiger partial charge in [-0.1, -0.05) is 37.6 Å². The van der Waals surface area contributed by atoms with E-state index in [1.165, 1.54) is 0 Å². The Morgan fingerprint density at radius 1 is 1.19 bits per heavy atom. The van der Waals surface area contributed by atoms with Gasteiger partial charge < -0.3 is 33.5 Å². The van der Waals surface area contributed by atoms with Gasteiger partial charge in [0.1, 0.15) is 34.7 Å². The van der Waals surface area contributed by atoms with Crippen molar-refractivity contribution >= 4 is 51.1 Å². The van der Waals surface area contributed by atoms with E-state index in [-0.39, 0.29) is 41.6 Å². The molecule has 0 saturated carbocycles. The molecule has 3 aliphatic rings. The highest BCUT2D eigenvalue weighted by molar-refractivity contribution is 6.32. The van der Waals surface area contributed by atoms with E-state index in [9.17, 15) is 9.90 Å². The van der Waals surface area contributed by atoms with Crippen LogP contribution in [0.4, 0.5) is 11.5 Å². The Bertz CT molecular complexity index is 1680. The number of rotatable bonds is 6. The minimum atomic E-state index is -0.979. The summed E-state index contributed by atoms with van der Waals surface area (Å²) in [5.41, 5.74) is 2.10. The van der Waals surface area contributed by atoms with Crippen molar-refractivity contribution in [2.24, 2.45) is 0 Å². The summed E-state index contributed by atoms with van der Waals surface area (Å²) in [4.78, 5) is 26.0. The van der Waals surface area contributed by atoms with E-state index in [0.29, 0.717) is 60.4 Å². The number of morpholine rings is 1. The zero-order valence-electron chi connectivity index (χ0n) is 23.5. The fraction of sp³-hybridized carbons (Fsp3) is 0.483. The Balaban J connectivity index is 1.20. The molecule has 1 N–H and O–H groups in total. The van der Waals surface area contributed by atoms with Crippen LogP contribution in [-0.4, -0.2) is 87.9 Å². The average Bonchev–Trinajstić information content (AvgIpc) is 3.55. The fourth-order valence-corrected chi connectivity index (χ4v) is 6.28. The van der Waals surface area contributed by atoms with Crippen molar-refractivity contribution in [3.63, 3.8) is 0 Å². The van der Waals surface area contributed by atoms with Gasteiger partial charge in [0.2, 0.25) is 5.88 Å². The van der Waals surface area contributed by atoms with Gasteiger partial charge >= 0.3 is 5.97 Å². The molecule has 0 amide bonds. The molecule has 12 nitrogen and oxygen atoms in total. The lowest BCUT2D eigenvalue weighted by molar-refractivity contribution is -0.228. The lowest BCUT2D eigenvalue weighted by atomic mass is 9.90. The molecule has 6 heterocycles. The zero-order valence-corrected chi connectivity index (χ0v) is 24.2. The number of nitrogens with zero attached hydrogens (tertiary/aromatic N) is 6.